The third kappa shape index (κ3) is 4.19. The topological polar surface area (TPSA) is 62.2 Å². The van der Waals surface area contributed by atoms with Crippen molar-refractivity contribution in [2.24, 2.45) is 0 Å². The first-order valence-electron chi connectivity index (χ1n) is 5.43. The van der Waals surface area contributed by atoms with Crippen molar-refractivity contribution in [2.75, 3.05) is 5.32 Å². The normalized spacial score (nSPS) is 10.4. The summed E-state index contributed by atoms with van der Waals surface area (Å²) in [4.78, 5) is 14.8. The summed E-state index contributed by atoms with van der Waals surface area (Å²) in [6, 6.07) is 5.50. The highest BCUT2D eigenvalue weighted by molar-refractivity contribution is 9.10. The van der Waals surface area contributed by atoms with Crippen molar-refractivity contribution < 1.29 is 9.90 Å². The zero-order valence-corrected chi connectivity index (χ0v) is 12.8. The Hall–Kier alpha value is -1.11. The number of carboxylic acid groups (broad SMARTS) is 1. The summed E-state index contributed by atoms with van der Waals surface area (Å²) >= 11 is 10.7. The fraction of sp³-hybridized carbons (Fsp3) is 0.167. The standard InChI is InChI=1S/C12H10BrClN2O2S/c13-9-5-7(1-3-10(9)14)15-12-16-8(6-19-12)2-4-11(17)18/h1,3,5-6H,2,4H2,(H,15,16)(H,17,18). The van der Waals surface area contributed by atoms with Crippen LogP contribution in [0.3, 0.4) is 0 Å². The van der Waals surface area contributed by atoms with E-state index in [2.05, 4.69) is 26.2 Å². The van der Waals surface area contributed by atoms with E-state index in [0.717, 1.165) is 21.0 Å². The van der Waals surface area contributed by atoms with Gasteiger partial charge in [0, 0.05) is 22.0 Å². The second-order valence-electron chi connectivity index (χ2n) is 3.79. The Bertz CT molecular complexity index is 603. The maximum Gasteiger partial charge on any atom is 0.303 e. The van der Waals surface area contributed by atoms with Crippen LogP contribution in [0.4, 0.5) is 10.8 Å². The van der Waals surface area contributed by atoms with Gasteiger partial charge in [0.15, 0.2) is 5.13 Å². The minimum Gasteiger partial charge on any atom is -0.481 e. The number of carbonyl (C=O) groups is 1. The fourth-order valence-electron chi connectivity index (χ4n) is 1.41. The number of nitrogens with one attached hydrogen (secondary N) is 1. The molecule has 0 amide bonds. The van der Waals surface area contributed by atoms with E-state index in [1.165, 1.54) is 11.3 Å². The van der Waals surface area contributed by atoms with Crippen LogP contribution in [0.15, 0.2) is 28.1 Å². The van der Waals surface area contributed by atoms with Crippen molar-refractivity contribution in [2.45, 2.75) is 12.8 Å². The minimum atomic E-state index is -0.816. The molecule has 1 heterocycles. The molecule has 100 valence electrons. The molecule has 0 aliphatic heterocycles. The number of anilines is 2. The van der Waals surface area contributed by atoms with Gasteiger partial charge in [0.1, 0.15) is 0 Å². The molecule has 19 heavy (non-hydrogen) atoms. The van der Waals surface area contributed by atoms with Crippen LogP contribution >= 0.6 is 38.9 Å². The number of hydrogen-bond acceptors (Lipinski definition) is 4. The fourth-order valence-corrected chi connectivity index (χ4v) is 2.67. The number of nitrogens with zero attached hydrogens (tertiary/aromatic N) is 1. The first kappa shape index (κ1) is 14.3. The predicted octanol–water partition coefficient (Wildman–Crippen LogP) is 4.32. The molecule has 0 saturated carbocycles. The molecule has 0 unspecified atom stereocenters. The first-order chi connectivity index (χ1) is 9.04. The van der Waals surface area contributed by atoms with E-state index < -0.39 is 5.97 Å². The van der Waals surface area contributed by atoms with Gasteiger partial charge in [0.2, 0.25) is 0 Å². The maximum atomic E-state index is 10.5. The highest BCUT2D eigenvalue weighted by atomic mass is 79.9. The van der Waals surface area contributed by atoms with Crippen LogP contribution in [-0.4, -0.2) is 16.1 Å². The second-order valence-corrected chi connectivity index (χ2v) is 5.91. The van der Waals surface area contributed by atoms with E-state index in [1.54, 1.807) is 6.07 Å². The molecule has 2 rings (SSSR count). The summed E-state index contributed by atoms with van der Waals surface area (Å²) in [5, 5.41) is 15.0. The van der Waals surface area contributed by atoms with Crippen LogP contribution < -0.4 is 5.32 Å². The Morgan fingerprint density at radius 1 is 1.53 bits per heavy atom. The average molecular weight is 362 g/mol. The van der Waals surface area contributed by atoms with Gasteiger partial charge in [-0.3, -0.25) is 4.79 Å². The number of thiazole rings is 1. The molecule has 0 saturated heterocycles. The van der Waals surface area contributed by atoms with Gasteiger partial charge in [-0.1, -0.05) is 11.6 Å². The summed E-state index contributed by atoms with van der Waals surface area (Å²) in [5.41, 5.74) is 1.65. The lowest BCUT2D eigenvalue weighted by atomic mass is 10.2. The lowest BCUT2D eigenvalue weighted by Gasteiger charge is -2.03. The van der Waals surface area contributed by atoms with Crippen LogP contribution in [0.1, 0.15) is 12.1 Å². The lowest BCUT2D eigenvalue weighted by molar-refractivity contribution is -0.136. The van der Waals surface area contributed by atoms with Gasteiger partial charge in [-0.25, -0.2) is 4.98 Å². The molecular formula is C12H10BrClN2O2S. The molecule has 1 aromatic heterocycles. The summed E-state index contributed by atoms with van der Waals surface area (Å²) in [7, 11) is 0. The Morgan fingerprint density at radius 2 is 2.32 bits per heavy atom. The molecule has 0 spiro atoms. The predicted molar refractivity (Wildman–Crippen MR) is 80.5 cm³/mol. The Morgan fingerprint density at radius 3 is 3.00 bits per heavy atom. The van der Waals surface area contributed by atoms with Gasteiger partial charge < -0.3 is 10.4 Å². The van der Waals surface area contributed by atoms with Gasteiger partial charge in [-0.05, 0) is 34.1 Å². The van der Waals surface area contributed by atoms with E-state index in [1.807, 2.05) is 17.5 Å². The third-order valence-electron chi connectivity index (χ3n) is 2.32. The average Bonchev–Trinajstić information content (AvgIpc) is 2.79. The summed E-state index contributed by atoms with van der Waals surface area (Å²) < 4.78 is 0.807. The molecule has 7 heteroatoms. The largest absolute Gasteiger partial charge is 0.481 e. The maximum absolute atomic E-state index is 10.5. The third-order valence-corrected chi connectivity index (χ3v) is 4.34. The second kappa shape index (κ2) is 6.36. The number of halogens is 2. The van der Waals surface area contributed by atoms with Gasteiger partial charge in [0.05, 0.1) is 17.1 Å². The van der Waals surface area contributed by atoms with Gasteiger partial charge in [0.25, 0.3) is 0 Å². The Labute approximate surface area is 127 Å². The molecule has 0 fully saturated rings. The Balaban J connectivity index is 2.02. The number of carboxylic acids is 1. The molecule has 2 aromatic rings. The van der Waals surface area contributed by atoms with Crippen molar-refractivity contribution in [1.82, 2.24) is 4.98 Å². The molecule has 0 radical (unpaired) electrons. The number of aliphatic carboxylic acids is 1. The van der Waals surface area contributed by atoms with Crippen LogP contribution in [0.5, 0.6) is 0 Å². The zero-order valence-electron chi connectivity index (χ0n) is 9.69. The van der Waals surface area contributed by atoms with Crippen LogP contribution in [0.2, 0.25) is 5.02 Å². The minimum absolute atomic E-state index is 0.0929. The quantitative estimate of drug-likeness (QED) is 0.832. The first-order valence-corrected chi connectivity index (χ1v) is 7.48. The number of rotatable bonds is 5. The van der Waals surface area contributed by atoms with E-state index in [-0.39, 0.29) is 6.42 Å². The highest BCUT2D eigenvalue weighted by Crippen LogP contribution is 2.28. The monoisotopic (exact) mass is 360 g/mol. The molecule has 0 bridgehead atoms. The van der Waals surface area contributed by atoms with E-state index in [9.17, 15) is 4.79 Å². The number of benzene rings is 1. The van der Waals surface area contributed by atoms with Crippen LogP contribution in [0.25, 0.3) is 0 Å². The molecule has 0 aliphatic rings. The number of hydrogen-bond donors (Lipinski definition) is 2. The molecular weight excluding hydrogens is 352 g/mol. The van der Waals surface area contributed by atoms with E-state index in [4.69, 9.17) is 16.7 Å². The van der Waals surface area contributed by atoms with Crippen molar-refractivity contribution >= 4 is 55.7 Å². The number of aryl methyl sites for hydroxylation is 1. The summed E-state index contributed by atoms with van der Waals surface area (Å²) in [6.45, 7) is 0. The van der Waals surface area contributed by atoms with Crippen molar-refractivity contribution in [1.29, 1.82) is 0 Å². The molecule has 0 aliphatic carbocycles. The lowest BCUT2D eigenvalue weighted by Crippen LogP contribution is -1.98. The molecule has 1 aromatic carbocycles. The number of aromatic nitrogens is 1. The summed E-state index contributed by atoms with van der Waals surface area (Å²) in [6.07, 6.45) is 0.535. The van der Waals surface area contributed by atoms with Crippen molar-refractivity contribution in [3.05, 3.63) is 38.8 Å². The van der Waals surface area contributed by atoms with Crippen LogP contribution in [-0.2, 0) is 11.2 Å². The van der Waals surface area contributed by atoms with E-state index >= 15 is 0 Å². The van der Waals surface area contributed by atoms with Gasteiger partial charge in [-0.2, -0.15) is 0 Å². The van der Waals surface area contributed by atoms with Gasteiger partial charge >= 0.3 is 5.97 Å². The summed E-state index contributed by atoms with van der Waals surface area (Å²) in [5.74, 6) is -0.816. The Kier molecular flexibility index (Phi) is 4.79. The molecule has 2 N–H and O–H groups in total. The van der Waals surface area contributed by atoms with Crippen LogP contribution in [0, 0.1) is 0 Å². The van der Waals surface area contributed by atoms with E-state index in [0.29, 0.717) is 11.4 Å². The van der Waals surface area contributed by atoms with Gasteiger partial charge in [-0.15, -0.1) is 11.3 Å². The SMILES string of the molecule is O=C(O)CCc1csc(Nc2ccc(Cl)c(Br)c2)n1. The smallest absolute Gasteiger partial charge is 0.303 e. The molecule has 0 atom stereocenters. The van der Waals surface area contributed by atoms with Crippen molar-refractivity contribution in [3.63, 3.8) is 0 Å². The highest BCUT2D eigenvalue weighted by Gasteiger charge is 2.06. The molecule has 4 nitrogen and oxygen atoms in total. The van der Waals surface area contributed by atoms with Crippen molar-refractivity contribution in [3.8, 4) is 0 Å². The zero-order chi connectivity index (χ0) is 13.8.